The molecule has 6 nitrogen and oxygen atoms in total. The van der Waals surface area contributed by atoms with Crippen LogP contribution in [0.4, 0.5) is 0 Å². The van der Waals surface area contributed by atoms with Crippen molar-refractivity contribution in [2.75, 3.05) is 6.54 Å². The van der Waals surface area contributed by atoms with Gasteiger partial charge in [0.25, 0.3) is 0 Å². The van der Waals surface area contributed by atoms with Crippen LogP contribution in [0.5, 0.6) is 0 Å². The summed E-state index contributed by atoms with van der Waals surface area (Å²) >= 11 is 0. The number of hydrogen-bond acceptors (Lipinski definition) is 3. The second-order valence-corrected chi connectivity index (χ2v) is 8.15. The molecule has 1 fully saturated rings. The van der Waals surface area contributed by atoms with Crippen LogP contribution in [0, 0.1) is 20.8 Å². The van der Waals surface area contributed by atoms with Gasteiger partial charge in [-0.15, -0.1) is 0 Å². The molecule has 1 aliphatic rings. The van der Waals surface area contributed by atoms with Gasteiger partial charge >= 0.3 is 0 Å². The number of nitrogens with one attached hydrogen (secondary N) is 2. The first-order valence-electron chi connectivity index (χ1n) is 10.8. The summed E-state index contributed by atoms with van der Waals surface area (Å²) in [6, 6.07) is 8.73. The molecule has 2 aromatic rings. The maximum absolute atomic E-state index is 12.1. The summed E-state index contributed by atoms with van der Waals surface area (Å²) in [6.45, 7) is 7.07. The van der Waals surface area contributed by atoms with Gasteiger partial charge in [0.1, 0.15) is 0 Å². The highest BCUT2D eigenvalue weighted by Gasteiger charge is 2.16. The summed E-state index contributed by atoms with van der Waals surface area (Å²) in [5.74, 6) is -0.191. The van der Waals surface area contributed by atoms with Gasteiger partial charge in [-0.05, 0) is 45.3 Å². The second-order valence-electron chi connectivity index (χ2n) is 8.15. The Kier molecular flexibility index (Phi) is 7.44. The average Bonchev–Trinajstić information content (AvgIpc) is 3.30. The van der Waals surface area contributed by atoms with E-state index in [1.54, 1.807) is 6.08 Å². The summed E-state index contributed by atoms with van der Waals surface area (Å²) in [5.41, 5.74) is 5.29. The highest BCUT2D eigenvalue weighted by atomic mass is 16.2. The fraction of sp³-hybridized carbons (Fsp3) is 0.458. The van der Waals surface area contributed by atoms with Crippen LogP contribution in [0.1, 0.15) is 60.2 Å². The molecule has 6 heteroatoms. The van der Waals surface area contributed by atoms with Crippen molar-refractivity contribution in [3.63, 3.8) is 0 Å². The number of aromatic nitrogens is 2. The zero-order valence-corrected chi connectivity index (χ0v) is 18.2. The second kappa shape index (κ2) is 10.2. The predicted octanol–water partition coefficient (Wildman–Crippen LogP) is 3.43. The van der Waals surface area contributed by atoms with E-state index in [1.807, 2.05) is 18.5 Å². The number of hydrogen-bond donors (Lipinski definition) is 2. The molecule has 160 valence electrons. The third-order valence-corrected chi connectivity index (χ3v) is 5.66. The summed E-state index contributed by atoms with van der Waals surface area (Å²) in [7, 11) is 0. The van der Waals surface area contributed by atoms with E-state index in [9.17, 15) is 9.59 Å². The Labute approximate surface area is 178 Å². The minimum atomic E-state index is -0.200. The molecule has 30 heavy (non-hydrogen) atoms. The van der Waals surface area contributed by atoms with Crippen LogP contribution >= 0.6 is 0 Å². The monoisotopic (exact) mass is 408 g/mol. The molecule has 0 unspecified atom stereocenters. The number of carbonyl (C=O) groups excluding carboxylic acids is 2. The molecular formula is C24H32N4O2. The molecule has 1 heterocycles. The molecular weight excluding hydrogens is 376 g/mol. The molecule has 1 saturated carbocycles. The van der Waals surface area contributed by atoms with Crippen molar-refractivity contribution in [1.29, 1.82) is 0 Å². The van der Waals surface area contributed by atoms with Crippen molar-refractivity contribution < 1.29 is 9.59 Å². The van der Waals surface area contributed by atoms with Crippen LogP contribution in [0.2, 0.25) is 0 Å². The zero-order chi connectivity index (χ0) is 21.5. The lowest BCUT2D eigenvalue weighted by Gasteiger charge is -2.11. The summed E-state index contributed by atoms with van der Waals surface area (Å²) < 4.78 is 1.96. The molecule has 1 aromatic heterocycles. The van der Waals surface area contributed by atoms with E-state index in [-0.39, 0.29) is 11.8 Å². The lowest BCUT2D eigenvalue weighted by atomic mass is 10.1. The smallest absolute Gasteiger partial charge is 0.244 e. The van der Waals surface area contributed by atoms with Crippen molar-refractivity contribution >= 4 is 17.9 Å². The van der Waals surface area contributed by atoms with Gasteiger partial charge in [-0.3, -0.25) is 14.3 Å². The van der Waals surface area contributed by atoms with Gasteiger partial charge in [-0.25, -0.2) is 0 Å². The number of carbonyl (C=O) groups is 2. The predicted molar refractivity (Wildman–Crippen MR) is 119 cm³/mol. The Hall–Kier alpha value is -2.89. The van der Waals surface area contributed by atoms with Gasteiger partial charge in [0.2, 0.25) is 11.8 Å². The molecule has 0 saturated heterocycles. The van der Waals surface area contributed by atoms with Crippen molar-refractivity contribution in [1.82, 2.24) is 20.4 Å². The molecule has 0 spiro atoms. The average molecular weight is 409 g/mol. The fourth-order valence-electron chi connectivity index (χ4n) is 3.86. The van der Waals surface area contributed by atoms with E-state index < -0.39 is 0 Å². The van der Waals surface area contributed by atoms with E-state index in [4.69, 9.17) is 0 Å². The molecule has 2 amide bonds. The lowest BCUT2D eigenvalue weighted by molar-refractivity contribution is -0.121. The van der Waals surface area contributed by atoms with Gasteiger partial charge in [-0.1, -0.05) is 42.7 Å². The largest absolute Gasteiger partial charge is 0.353 e. The molecule has 0 radical (unpaired) electrons. The normalized spacial score (nSPS) is 14.4. The highest BCUT2D eigenvalue weighted by molar-refractivity contribution is 5.92. The third-order valence-electron chi connectivity index (χ3n) is 5.66. The first-order chi connectivity index (χ1) is 14.4. The SMILES string of the molecule is Cc1ccc(Cn2nc(C)c(/C=C/C(=O)NCCC(=O)NC3CCCC3)c2C)cc1. The van der Waals surface area contributed by atoms with Crippen molar-refractivity contribution in [2.24, 2.45) is 0 Å². The van der Waals surface area contributed by atoms with Gasteiger partial charge in [0.05, 0.1) is 12.2 Å². The van der Waals surface area contributed by atoms with Crippen LogP contribution in [-0.4, -0.2) is 34.2 Å². The number of benzene rings is 1. The number of aryl methyl sites for hydroxylation is 2. The van der Waals surface area contributed by atoms with Crippen LogP contribution < -0.4 is 10.6 Å². The molecule has 0 aliphatic heterocycles. The molecule has 2 N–H and O–H groups in total. The van der Waals surface area contributed by atoms with Crippen LogP contribution in [-0.2, 0) is 16.1 Å². The number of amides is 2. The maximum Gasteiger partial charge on any atom is 0.244 e. The van der Waals surface area contributed by atoms with Gasteiger partial charge in [0, 0.05) is 36.3 Å². The van der Waals surface area contributed by atoms with E-state index in [0.29, 0.717) is 25.6 Å². The van der Waals surface area contributed by atoms with E-state index in [0.717, 1.165) is 29.8 Å². The first-order valence-corrected chi connectivity index (χ1v) is 10.8. The van der Waals surface area contributed by atoms with E-state index in [1.165, 1.54) is 30.0 Å². The summed E-state index contributed by atoms with van der Waals surface area (Å²) in [4.78, 5) is 24.1. The molecule has 0 bridgehead atoms. The number of rotatable bonds is 8. The molecule has 1 aromatic carbocycles. The van der Waals surface area contributed by atoms with Gasteiger partial charge in [-0.2, -0.15) is 5.10 Å². The van der Waals surface area contributed by atoms with Gasteiger partial charge in [0.15, 0.2) is 0 Å². The minimum Gasteiger partial charge on any atom is -0.353 e. The Morgan fingerprint density at radius 3 is 2.53 bits per heavy atom. The van der Waals surface area contributed by atoms with E-state index in [2.05, 4.69) is 46.9 Å². The first kappa shape index (κ1) is 21.8. The topological polar surface area (TPSA) is 76.0 Å². The third kappa shape index (κ3) is 6.05. The molecule has 1 aliphatic carbocycles. The Morgan fingerprint density at radius 1 is 1.13 bits per heavy atom. The zero-order valence-electron chi connectivity index (χ0n) is 18.2. The van der Waals surface area contributed by atoms with Crippen LogP contribution in [0.3, 0.4) is 0 Å². The summed E-state index contributed by atoms with van der Waals surface area (Å²) in [6.07, 6.45) is 8.13. The van der Waals surface area contributed by atoms with Crippen molar-refractivity contribution in [2.45, 2.75) is 65.5 Å². The Balaban J connectivity index is 1.49. The van der Waals surface area contributed by atoms with Crippen LogP contribution in [0.25, 0.3) is 6.08 Å². The van der Waals surface area contributed by atoms with Crippen LogP contribution in [0.15, 0.2) is 30.3 Å². The Morgan fingerprint density at radius 2 is 1.83 bits per heavy atom. The highest BCUT2D eigenvalue weighted by Crippen LogP contribution is 2.18. The lowest BCUT2D eigenvalue weighted by Crippen LogP contribution is -2.35. The van der Waals surface area contributed by atoms with Crippen molar-refractivity contribution in [3.8, 4) is 0 Å². The maximum atomic E-state index is 12.1. The number of nitrogens with zero attached hydrogens (tertiary/aromatic N) is 2. The fourth-order valence-corrected chi connectivity index (χ4v) is 3.86. The Bertz CT molecular complexity index is 906. The quantitative estimate of drug-likeness (QED) is 0.657. The summed E-state index contributed by atoms with van der Waals surface area (Å²) in [5, 5.41) is 10.4. The van der Waals surface area contributed by atoms with Crippen molar-refractivity contribution in [3.05, 3.63) is 58.4 Å². The standard InChI is InChI=1S/C24H32N4O2/c1-17-8-10-20(11-9-17)16-28-19(3)22(18(2)27-28)12-13-23(29)25-15-14-24(30)26-21-6-4-5-7-21/h8-13,21H,4-7,14-16H2,1-3H3,(H,25,29)(H,26,30)/b13-12+. The molecule has 3 rings (SSSR count). The molecule has 0 atom stereocenters. The van der Waals surface area contributed by atoms with E-state index >= 15 is 0 Å². The minimum absolute atomic E-state index is 0.00949. The van der Waals surface area contributed by atoms with Gasteiger partial charge < -0.3 is 10.6 Å².